The van der Waals surface area contributed by atoms with Crippen molar-refractivity contribution < 1.29 is 8.42 Å². The maximum Gasteiger partial charge on any atom is 0.242 e. The Hall–Kier alpha value is -1.95. The lowest BCUT2D eigenvalue weighted by Gasteiger charge is -2.14. The lowest BCUT2D eigenvalue weighted by molar-refractivity contribution is 0.457. The van der Waals surface area contributed by atoms with Crippen molar-refractivity contribution in [3.63, 3.8) is 0 Å². The Kier molecular flexibility index (Phi) is 5.94. The van der Waals surface area contributed by atoms with Gasteiger partial charge < -0.3 is 4.90 Å². The fourth-order valence-electron chi connectivity index (χ4n) is 2.31. The first-order chi connectivity index (χ1) is 11.3. The van der Waals surface area contributed by atoms with Crippen molar-refractivity contribution in [2.75, 3.05) is 34.7 Å². The quantitative estimate of drug-likeness (QED) is 0.809. The molecule has 0 saturated carbocycles. The van der Waals surface area contributed by atoms with E-state index in [1.54, 1.807) is 12.1 Å². The Morgan fingerprint density at radius 2 is 1.42 bits per heavy atom. The maximum atomic E-state index is 12.2. The van der Waals surface area contributed by atoms with E-state index in [-0.39, 0.29) is 0 Å². The van der Waals surface area contributed by atoms with Crippen LogP contribution in [0.25, 0.3) is 5.57 Å². The number of sulfonamides is 1. The number of likely N-dealkylation sites (N-methyl/N-ethyl adjacent to an activating group) is 1. The van der Waals surface area contributed by atoms with Gasteiger partial charge in [0.05, 0.1) is 4.90 Å². The lowest BCUT2D eigenvalue weighted by Crippen LogP contribution is -2.22. The molecule has 0 aromatic heterocycles. The van der Waals surface area contributed by atoms with Gasteiger partial charge in [-0.15, -0.1) is 0 Å². The highest BCUT2D eigenvalue weighted by molar-refractivity contribution is 7.89. The summed E-state index contributed by atoms with van der Waals surface area (Å²) in [6.45, 7) is 0.808. The van der Waals surface area contributed by atoms with Gasteiger partial charge in [0, 0.05) is 20.6 Å². The summed E-state index contributed by atoms with van der Waals surface area (Å²) in [5, 5.41) is 0. The van der Waals surface area contributed by atoms with Gasteiger partial charge in [-0.1, -0.05) is 48.5 Å². The molecule has 2 aromatic rings. The minimum absolute atomic E-state index is 0.302. The molecule has 0 aliphatic heterocycles. The van der Waals surface area contributed by atoms with Crippen LogP contribution in [0.15, 0.2) is 65.6 Å². The van der Waals surface area contributed by atoms with Gasteiger partial charge in [-0.2, -0.15) is 0 Å². The Labute approximate surface area is 145 Å². The Balaban J connectivity index is 2.43. The molecule has 0 radical (unpaired) electrons. The SMILES string of the molecule is CN(C)CC=C(c1ccccc1)c1ccc(S(=O)(=O)N(C)C)cc1. The highest BCUT2D eigenvalue weighted by Crippen LogP contribution is 2.25. The van der Waals surface area contributed by atoms with Crippen LogP contribution in [0.1, 0.15) is 11.1 Å². The number of hydrogen-bond donors (Lipinski definition) is 0. The van der Waals surface area contributed by atoms with Crippen LogP contribution in [0.2, 0.25) is 0 Å². The molecule has 0 atom stereocenters. The topological polar surface area (TPSA) is 40.6 Å². The summed E-state index contributed by atoms with van der Waals surface area (Å²) in [6.07, 6.45) is 2.16. The fraction of sp³-hybridized carbons (Fsp3) is 0.263. The molecule has 0 spiro atoms. The van der Waals surface area contributed by atoms with Crippen LogP contribution >= 0.6 is 0 Å². The van der Waals surface area contributed by atoms with Crippen LogP contribution in [0.5, 0.6) is 0 Å². The van der Waals surface area contributed by atoms with E-state index in [0.29, 0.717) is 4.90 Å². The van der Waals surface area contributed by atoms with Gasteiger partial charge in [0.15, 0.2) is 0 Å². The van der Waals surface area contributed by atoms with E-state index < -0.39 is 10.0 Å². The molecule has 0 saturated heterocycles. The van der Waals surface area contributed by atoms with E-state index in [1.807, 2.05) is 44.4 Å². The molecule has 4 nitrogen and oxygen atoms in total. The molecule has 24 heavy (non-hydrogen) atoms. The standard InChI is InChI=1S/C19H24N2O2S/c1-20(2)15-14-19(16-8-6-5-7-9-16)17-10-12-18(13-11-17)24(22,23)21(3)4/h5-14H,15H2,1-4H3. The smallest absolute Gasteiger partial charge is 0.242 e. The number of benzene rings is 2. The molecule has 0 unspecified atom stereocenters. The number of rotatable bonds is 6. The first-order valence-electron chi connectivity index (χ1n) is 7.75. The van der Waals surface area contributed by atoms with E-state index in [9.17, 15) is 8.42 Å². The summed E-state index contributed by atoms with van der Waals surface area (Å²) in [4.78, 5) is 2.39. The number of hydrogen-bond acceptors (Lipinski definition) is 3. The third-order valence-corrected chi connectivity index (χ3v) is 5.52. The van der Waals surface area contributed by atoms with Crippen molar-refractivity contribution in [1.82, 2.24) is 9.21 Å². The van der Waals surface area contributed by atoms with Gasteiger partial charge in [0.1, 0.15) is 0 Å². The predicted molar refractivity (Wildman–Crippen MR) is 99.4 cm³/mol. The summed E-state index contributed by atoms with van der Waals surface area (Å²) < 4.78 is 25.6. The average molecular weight is 344 g/mol. The Morgan fingerprint density at radius 3 is 1.92 bits per heavy atom. The average Bonchev–Trinajstić information content (AvgIpc) is 2.56. The van der Waals surface area contributed by atoms with E-state index >= 15 is 0 Å². The maximum absolute atomic E-state index is 12.2. The molecule has 128 valence electrons. The van der Waals surface area contributed by atoms with Crippen LogP contribution in [0.4, 0.5) is 0 Å². The van der Waals surface area contributed by atoms with Crippen LogP contribution in [0.3, 0.4) is 0 Å². The Morgan fingerprint density at radius 1 is 0.875 bits per heavy atom. The summed E-state index contributed by atoms with van der Waals surface area (Å²) in [6, 6.07) is 17.2. The molecule has 0 amide bonds. The van der Waals surface area contributed by atoms with Crippen LogP contribution < -0.4 is 0 Å². The lowest BCUT2D eigenvalue weighted by atomic mass is 9.97. The largest absolute Gasteiger partial charge is 0.306 e. The second kappa shape index (κ2) is 7.75. The zero-order chi connectivity index (χ0) is 17.7. The molecule has 2 rings (SSSR count). The van der Waals surface area contributed by atoms with Crippen molar-refractivity contribution >= 4 is 15.6 Å². The van der Waals surface area contributed by atoms with Crippen molar-refractivity contribution in [3.05, 3.63) is 71.8 Å². The normalized spacial score (nSPS) is 12.8. The second-order valence-corrected chi connectivity index (χ2v) is 8.21. The summed E-state index contributed by atoms with van der Waals surface area (Å²) in [7, 11) is 3.71. The molecule has 0 bridgehead atoms. The van der Waals surface area contributed by atoms with Crippen molar-refractivity contribution in [3.8, 4) is 0 Å². The third kappa shape index (κ3) is 4.32. The third-order valence-electron chi connectivity index (χ3n) is 3.69. The van der Waals surface area contributed by atoms with Crippen LogP contribution in [-0.2, 0) is 10.0 Å². The summed E-state index contributed by atoms with van der Waals surface area (Å²) in [5.41, 5.74) is 3.21. The highest BCUT2D eigenvalue weighted by Gasteiger charge is 2.17. The summed E-state index contributed by atoms with van der Waals surface area (Å²) in [5.74, 6) is 0. The van der Waals surface area contributed by atoms with Gasteiger partial charge in [-0.25, -0.2) is 12.7 Å². The zero-order valence-corrected chi connectivity index (χ0v) is 15.4. The first kappa shape index (κ1) is 18.4. The van der Waals surface area contributed by atoms with Crippen molar-refractivity contribution in [1.29, 1.82) is 0 Å². The highest BCUT2D eigenvalue weighted by atomic mass is 32.2. The minimum Gasteiger partial charge on any atom is -0.306 e. The van der Waals surface area contributed by atoms with Gasteiger partial charge in [0.2, 0.25) is 10.0 Å². The second-order valence-electron chi connectivity index (χ2n) is 6.06. The van der Waals surface area contributed by atoms with Gasteiger partial charge in [0.25, 0.3) is 0 Å². The zero-order valence-electron chi connectivity index (χ0n) is 14.6. The fourth-order valence-corrected chi connectivity index (χ4v) is 3.21. The van der Waals surface area contributed by atoms with Gasteiger partial charge in [-0.3, -0.25) is 0 Å². The van der Waals surface area contributed by atoms with Gasteiger partial charge >= 0.3 is 0 Å². The molecule has 0 N–H and O–H groups in total. The van der Waals surface area contributed by atoms with E-state index in [1.165, 1.54) is 18.4 Å². The van der Waals surface area contributed by atoms with Crippen LogP contribution in [-0.4, -0.2) is 52.4 Å². The number of nitrogens with zero attached hydrogens (tertiary/aromatic N) is 2. The molecule has 2 aromatic carbocycles. The van der Waals surface area contributed by atoms with Gasteiger partial charge in [-0.05, 0) is 42.9 Å². The first-order valence-corrected chi connectivity index (χ1v) is 9.19. The van der Waals surface area contributed by atoms with Crippen molar-refractivity contribution in [2.24, 2.45) is 0 Å². The van der Waals surface area contributed by atoms with E-state index in [2.05, 4.69) is 23.1 Å². The van der Waals surface area contributed by atoms with Crippen molar-refractivity contribution in [2.45, 2.75) is 4.90 Å². The molecular weight excluding hydrogens is 320 g/mol. The predicted octanol–water partition coefficient (Wildman–Crippen LogP) is 2.93. The molecule has 0 aliphatic carbocycles. The molecular formula is C19H24N2O2S. The summed E-state index contributed by atoms with van der Waals surface area (Å²) >= 11 is 0. The Bertz CT molecular complexity index is 793. The molecule has 0 fully saturated rings. The molecule has 0 heterocycles. The molecule has 0 aliphatic rings. The van der Waals surface area contributed by atoms with Crippen LogP contribution in [0, 0.1) is 0 Å². The molecule has 5 heteroatoms. The van der Waals surface area contributed by atoms with E-state index in [0.717, 1.165) is 23.2 Å². The minimum atomic E-state index is -3.40. The monoisotopic (exact) mass is 344 g/mol. The van der Waals surface area contributed by atoms with E-state index in [4.69, 9.17) is 0 Å².